The molecule has 174 valence electrons. The monoisotopic (exact) mass is 496 g/mol. The van der Waals surface area contributed by atoms with Gasteiger partial charge in [-0.3, -0.25) is 9.36 Å². The first-order valence-corrected chi connectivity index (χ1v) is 12.9. The molecule has 1 aliphatic rings. The Bertz CT molecular complexity index is 1010. The second-order valence-corrected chi connectivity index (χ2v) is 9.61. The average molecular weight is 497 g/mol. The van der Waals surface area contributed by atoms with Crippen LogP contribution in [0, 0.1) is 0 Å². The molecule has 1 amide bonds. The molecule has 0 unspecified atom stereocenters. The minimum Gasteiger partial charge on any atom is -0.325 e. The fourth-order valence-corrected chi connectivity index (χ4v) is 5.17. The van der Waals surface area contributed by atoms with Gasteiger partial charge < -0.3 is 10.2 Å². The first kappa shape index (κ1) is 25.1. The first-order valence-electron chi connectivity index (χ1n) is 11.2. The minimum absolute atomic E-state index is 0.172. The molecule has 0 spiro atoms. The molecule has 3 rings (SSSR count). The molecule has 1 aliphatic carbocycles. The van der Waals surface area contributed by atoms with Gasteiger partial charge in [0.1, 0.15) is 5.03 Å². The minimum atomic E-state index is -0.211. The predicted molar refractivity (Wildman–Crippen MR) is 133 cm³/mol. The molecule has 1 aromatic heterocycles. The molecule has 9 heteroatoms. The number of fused-ring (bicyclic) bond motifs is 1. The number of halogens is 2. The highest BCUT2D eigenvalue weighted by molar-refractivity contribution is 8.00. The maximum Gasteiger partial charge on any atom is 0.348 e. The maximum absolute atomic E-state index is 12.8. The van der Waals surface area contributed by atoms with Crippen LogP contribution < -0.4 is 11.0 Å². The molecule has 0 aliphatic heterocycles. The summed E-state index contributed by atoms with van der Waals surface area (Å²) in [6.07, 6.45) is 4.87. The van der Waals surface area contributed by atoms with Gasteiger partial charge in [0.15, 0.2) is 0 Å². The van der Waals surface area contributed by atoms with Gasteiger partial charge in [-0.15, -0.1) is 0 Å². The third kappa shape index (κ3) is 6.50. The Morgan fingerprint density at radius 1 is 1.19 bits per heavy atom. The van der Waals surface area contributed by atoms with Crippen molar-refractivity contribution < 1.29 is 4.79 Å². The van der Waals surface area contributed by atoms with E-state index in [0.717, 1.165) is 63.0 Å². The first-order chi connectivity index (χ1) is 15.4. The molecular weight excluding hydrogens is 467 g/mol. The predicted octanol–water partition coefficient (Wildman–Crippen LogP) is 4.89. The molecular formula is C23H30Cl2N4O2S. The summed E-state index contributed by atoms with van der Waals surface area (Å²) in [4.78, 5) is 32.0. The normalized spacial score (nSPS) is 13.3. The SMILES string of the molecule is CCN(CC)CCCn1c2c(c(SCC(=O)Nc3ccc(Cl)c(Cl)c3)nc1=O)CCCC2. The van der Waals surface area contributed by atoms with Crippen LogP contribution in [0.15, 0.2) is 28.0 Å². The van der Waals surface area contributed by atoms with Crippen molar-refractivity contribution in [2.24, 2.45) is 0 Å². The van der Waals surface area contributed by atoms with Crippen molar-refractivity contribution in [2.75, 3.05) is 30.7 Å². The van der Waals surface area contributed by atoms with E-state index in [2.05, 4.69) is 29.0 Å². The highest BCUT2D eigenvalue weighted by atomic mass is 35.5. The van der Waals surface area contributed by atoms with E-state index in [9.17, 15) is 9.59 Å². The van der Waals surface area contributed by atoms with E-state index in [1.807, 2.05) is 4.57 Å². The summed E-state index contributed by atoms with van der Waals surface area (Å²) in [5, 5.41) is 4.33. The maximum atomic E-state index is 12.8. The number of carbonyl (C=O) groups excluding carboxylic acids is 1. The number of thioether (sulfide) groups is 1. The van der Waals surface area contributed by atoms with Crippen molar-refractivity contribution in [3.63, 3.8) is 0 Å². The molecule has 0 fully saturated rings. The van der Waals surface area contributed by atoms with E-state index in [4.69, 9.17) is 23.2 Å². The number of carbonyl (C=O) groups is 1. The number of amides is 1. The number of anilines is 1. The van der Waals surface area contributed by atoms with Gasteiger partial charge in [0, 0.05) is 23.5 Å². The quantitative estimate of drug-likeness (QED) is 0.374. The zero-order valence-corrected chi connectivity index (χ0v) is 21.0. The average Bonchev–Trinajstić information content (AvgIpc) is 2.79. The van der Waals surface area contributed by atoms with E-state index in [1.165, 1.54) is 11.8 Å². The number of rotatable bonds is 10. The molecule has 32 heavy (non-hydrogen) atoms. The Labute approximate surface area is 203 Å². The van der Waals surface area contributed by atoms with Crippen LogP contribution in [0.25, 0.3) is 0 Å². The highest BCUT2D eigenvalue weighted by Gasteiger charge is 2.21. The molecule has 0 saturated heterocycles. The molecule has 0 atom stereocenters. The van der Waals surface area contributed by atoms with Crippen molar-refractivity contribution in [2.45, 2.75) is 57.5 Å². The Hall–Kier alpha value is -1.54. The van der Waals surface area contributed by atoms with Crippen molar-refractivity contribution in [3.8, 4) is 0 Å². The summed E-state index contributed by atoms with van der Waals surface area (Å²) in [7, 11) is 0. The summed E-state index contributed by atoms with van der Waals surface area (Å²) in [6.45, 7) is 8.00. The van der Waals surface area contributed by atoms with Crippen LogP contribution in [0.4, 0.5) is 5.69 Å². The molecule has 2 aromatic rings. The van der Waals surface area contributed by atoms with Gasteiger partial charge in [-0.05, 0) is 69.9 Å². The molecule has 0 saturated carbocycles. The summed E-state index contributed by atoms with van der Waals surface area (Å²) < 4.78 is 1.86. The van der Waals surface area contributed by atoms with Crippen LogP contribution in [0.2, 0.25) is 10.0 Å². The topological polar surface area (TPSA) is 67.2 Å². The van der Waals surface area contributed by atoms with Gasteiger partial charge >= 0.3 is 5.69 Å². The van der Waals surface area contributed by atoms with Crippen molar-refractivity contribution in [1.29, 1.82) is 0 Å². The molecule has 0 bridgehead atoms. The Morgan fingerprint density at radius 2 is 1.94 bits per heavy atom. The molecule has 1 heterocycles. The van der Waals surface area contributed by atoms with Gasteiger partial charge in [0.05, 0.1) is 15.8 Å². The molecule has 1 aromatic carbocycles. The number of nitrogens with zero attached hydrogens (tertiary/aromatic N) is 3. The third-order valence-electron chi connectivity index (χ3n) is 5.74. The summed E-state index contributed by atoms with van der Waals surface area (Å²) in [6, 6.07) is 4.97. The van der Waals surface area contributed by atoms with Gasteiger partial charge in [-0.1, -0.05) is 48.8 Å². The Balaban J connectivity index is 1.69. The van der Waals surface area contributed by atoms with E-state index >= 15 is 0 Å². The number of aromatic nitrogens is 2. The van der Waals surface area contributed by atoms with Crippen LogP contribution >= 0.6 is 35.0 Å². The van der Waals surface area contributed by atoms with E-state index in [1.54, 1.807) is 18.2 Å². The third-order valence-corrected chi connectivity index (χ3v) is 7.50. The summed E-state index contributed by atoms with van der Waals surface area (Å²) >= 11 is 13.3. The number of nitrogens with one attached hydrogen (secondary N) is 1. The van der Waals surface area contributed by atoms with E-state index < -0.39 is 0 Å². The molecule has 0 radical (unpaired) electrons. The van der Waals surface area contributed by atoms with Crippen LogP contribution in [-0.2, 0) is 24.2 Å². The summed E-state index contributed by atoms with van der Waals surface area (Å²) in [5.41, 5.74) is 2.61. The second kappa shape index (κ2) is 12.1. The lowest BCUT2D eigenvalue weighted by atomic mass is 9.97. The van der Waals surface area contributed by atoms with Gasteiger partial charge in [-0.2, -0.15) is 4.98 Å². The zero-order chi connectivity index (χ0) is 23.1. The van der Waals surface area contributed by atoms with Gasteiger partial charge in [0.2, 0.25) is 5.91 Å². The van der Waals surface area contributed by atoms with Gasteiger partial charge in [-0.25, -0.2) is 4.79 Å². The Kier molecular flexibility index (Phi) is 9.46. The highest BCUT2D eigenvalue weighted by Crippen LogP contribution is 2.29. The standard InChI is InChI=1S/C23H30Cl2N4O2S/c1-3-28(4-2)12-7-13-29-20-9-6-5-8-17(20)22(27-23(29)31)32-15-21(30)26-16-10-11-18(24)19(25)14-16/h10-11,14H,3-9,12-13,15H2,1-2H3,(H,26,30). The van der Waals surface area contributed by atoms with E-state index in [0.29, 0.717) is 27.3 Å². The lowest BCUT2D eigenvalue weighted by molar-refractivity contribution is -0.113. The number of benzene rings is 1. The Morgan fingerprint density at radius 3 is 2.66 bits per heavy atom. The smallest absolute Gasteiger partial charge is 0.325 e. The zero-order valence-electron chi connectivity index (χ0n) is 18.6. The van der Waals surface area contributed by atoms with E-state index in [-0.39, 0.29) is 17.3 Å². The fourth-order valence-electron chi connectivity index (χ4n) is 3.99. The number of hydrogen-bond acceptors (Lipinski definition) is 5. The van der Waals surface area contributed by atoms with Crippen molar-refractivity contribution >= 4 is 46.6 Å². The molecule has 6 nitrogen and oxygen atoms in total. The summed E-state index contributed by atoms with van der Waals surface area (Å²) in [5.74, 6) is -0.00591. The van der Waals surface area contributed by atoms with Crippen LogP contribution in [0.3, 0.4) is 0 Å². The van der Waals surface area contributed by atoms with Crippen molar-refractivity contribution in [3.05, 3.63) is 50.0 Å². The fraction of sp³-hybridized carbons (Fsp3) is 0.522. The lowest BCUT2D eigenvalue weighted by Crippen LogP contribution is -2.32. The van der Waals surface area contributed by atoms with Crippen LogP contribution in [0.5, 0.6) is 0 Å². The van der Waals surface area contributed by atoms with Crippen molar-refractivity contribution in [1.82, 2.24) is 14.5 Å². The largest absolute Gasteiger partial charge is 0.348 e. The second-order valence-electron chi connectivity index (χ2n) is 7.83. The number of hydrogen-bond donors (Lipinski definition) is 1. The lowest BCUT2D eigenvalue weighted by Gasteiger charge is -2.23. The molecule has 1 N–H and O–H groups in total. The van der Waals surface area contributed by atoms with Gasteiger partial charge in [0.25, 0.3) is 0 Å². The van der Waals surface area contributed by atoms with Crippen LogP contribution in [-0.4, -0.2) is 45.7 Å². The van der Waals surface area contributed by atoms with Crippen LogP contribution in [0.1, 0.15) is 44.4 Å².